The maximum Gasteiger partial charge on any atom is 0.408 e. The zero-order valence-electron chi connectivity index (χ0n) is 31.3. The Kier molecular flexibility index (Phi) is 13.8. The molecule has 18 nitrogen and oxygen atoms in total. The summed E-state index contributed by atoms with van der Waals surface area (Å²) < 4.78 is 35.6. The summed E-state index contributed by atoms with van der Waals surface area (Å²) >= 11 is 0. The van der Waals surface area contributed by atoms with E-state index < -0.39 is 74.3 Å². The fraction of sp³-hybridized carbons (Fsp3) is 0.588. The Hall–Kier alpha value is -4.35. The molecule has 1 aromatic carbocycles. The molecule has 1 saturated heterocycles. The van der Waals surface area contributed by atoms with Crippen molar-refractivity contribution in [2.45, 2.75) is 95.5 Å². The van der Waals surface area contributed by atoms with Gasteiger partial charge in [0.05, 0.1) is 26.1 Å². The number of rotatable bonds is 16. The van der Waals surface area contributed by atoms with Gasteiger partial charge in [0.15, 0.2) is 23.2 Å². The first-order chi connectivity index (χ1) is 24.9. The summed E-state index contributed by atoms with van der Waals surface area (Å²) in [5.74, 6) is -0.205. The van der Waals surface area contributed by atoms with Gasteiger partial charge in [0.2, 0.25) is 11.8 Å². The van der Waals surface area contributed by atoms with Crippen LogP contribution in [0.4, 0.5) is 10.6 Å². The van der Waals surface area contributed by atoms with Crippen LogP contribution < -0.4 is 25.6 Å². The van der Waals surface area contributed by atoms with E-state index in [0.29, 0.717) is 34.7 Å². The van der Waals surface area contributed by atoms with Crippen LogP contribution in [0.25, 0.3) is 11.2 Å². The average Bonchev–Trinajstić information content (AvgIpc) is 3.64. The number of methoxy groups -OCH3 is 1. The predicted molar refractivity (Wildman–Crippen MR) is 195 cm³/mol. The van der Waals surface area contributed by atoms with Crippen LogP contribution in [0.3, 0.4) is 0 Å². The van der Waals surface area contributed by atoms with Crippen molar-refractivity contribution in [1.82, 2.24) is 35.5 Å². The van der Waals surface area contributed by atoms with E-state index in [1.54, 1.807) is 64.0 Å². The van der Waals surface area contributed by atoms with Crippen molar-refractivity contribution < 1.29 is 47.7 Å². The lowest BCUT2D eigenvalue weighted by Gasteiger charge is -2.27. The number of hydrogen-bond donors (Lipinski definition) is 5. The van der Waals surface area contributed by atoms with Gasteiger partial charge >= 0.3 is 13.7 Å². The molecule has 0 bridgehead atoms. The van der Waals surface area contributed by atoms with E-state index >= 15 is 0 Å². The van der Waals surface area contributed by atoms with Crippen LogP contribution in [0.15, 0.2) is 36.9 Å². The smallest absolute Gasteiger partial charge is 0.408 e. The highest BCUT2D eigenvalue weighted by Crippen LogP contribution is 2.39. The van der Waals surface area contributed by atoms with Crippen molar-refractivity contribution in [2.75, 3.05) is 39.4 Å². The molecular weight excluding hydrogens is 711 g/mol. The van der Waals surface area contributed by atoms with E-state index in [0.717, 1.165) is 13.1 Å². The molecule has 1 aliphatic rings. The first-order valence-corrected chi connectivity index (χ1v) is 19.3. The van der Waals surface area contributed by atoms with Gasteiger partial charge in [-0.3, -0.25) is 18.7 Å². The second kappa shape index (κ2) is 17.6. The van der Waals surface area contributed by atoms with E-state index in [1.165, 1.54) is 24.3 Å². The molecule has 1 fully saturated rings. The van der Waals surface area contributed by atoms with Crippen molar-refractivity contribution in [1.29, 1.82) is 0 Å². The summed E-state index contributed by atoms with van der Waals surface area (Å²) in [5, 5.41) is 19.9. The normalized spacial score (nSPS) is 20.9. The lowest BCUT2D eigenvalue weighted by molar-refractivity contribution is -0.131. The lowest BCUT2D eigenvalue weighted by Crippen LogP contribution is -2.58. The summed E-state index contributed by atoms with van der Waals surface area (Å²) in [5.41, 5.74) is 0.636. The number of nitrogens with zero attached hydrogens (tertiary/aromatic N) is 5. The summed E-state index contributed by atoms with van der Waals surface area (Å²) in [4.78, 5) is 65.4. The predicted octanol–water partition coefficient (Wildman–Crippen LogP) is 2.29. The minimum atomic E-state index is -4.00. The molecule has 2 aromatic heterocycles. The molecule has 1 aliphatic heterocycles. The number of carbonyl (C=O) groups is 3. The second-order valence-corrected chi connectivity index (χ2v) is 15.9. The number of benzene rings is 1. The van der Waals surface area contributed by atoms with Crippen LogP contribution in [0.1, 0.15) is 58.7 Å². The van der Waals surface area contributed by atoms with E-state index in [4.69, 9.17) is 18.7 Å². The van der Waals surface area contributed by atoms with Crippen molar-refractivity contribution >= 4 is 42.5 Å². The summed E-state index contributed by atoms with van der Waals surface area (Å²) in [6.07, 6.45) is -0.113. The van der Waals surface area contributed by atoms with Crippen molar-refractivity contribution in [3.05, 3.63) is 42.5 Å². The molecule has 19 heteroatoms. The number of nitrogens with one attached hydrogen (secondary N) is 3. The Morgan fingerprint density at radius 1 is 1.08 bits per heavy atom. The maximum atomic E-state index is 14.2. The van der Waals surface area contributed by atoms with E-state index in [9.17, 15) is 28.9 Å². The number of imidazole rings is 1. The third kappa shape index (κ3) is 11.3. The van der Waals surface area contributed by atoms with Crippen LogP contribution in [0, 0.1) is 0 Å². The fourth-order valence-electron chi connectivity index (χ4n) is 5.73. The maximum absolute atomic E-state index is 14.2. The van der Waals surface area contributed by atoms with Crippen LogP contribution in [-0.2, 0) is 34.6 Å². The van der Waals surface area contributed by atoms with Crippen LogP contribution >= 0.6 is 7.60 Å². The Bertz CT molecular complexity index is 1760. The Morgan fingerprint density at radius 3 is 2.38 bits per heavy atom. The monoisotopic (exact) mass is 762 g/mol. The Morgan fingerprint density at radius 2 is 1.77 bits per heavy atom. The van der Waals surface area contributed by atoms with Crippen molar-refractivity contribution in [3.63, 3.8) is 0 Å². The number of aromatic nitrogens is 4. The van der Waals surface area contributed by atoms with Crippen LogP contribution in [-0.4, -0.2) is 118 Å². The van der Waals surface area contributed by atoms with Crippen LogP contribution in [0.5, 0.6) is 5.75 Å². The summed E-state index contributed by atoms with van der Waals surface area (Å²) in [6, 6.07) is 3.48. The Labute approximate surface area is 308 Å². The van der Waals surface area contributed by atoms with Gasteiger partial charge in [0, 0.05) is 27.2 Å². The zero-order chi connectivity index (χ0) is 39.1. The molecular formula is C34H51N8O10P. The number of amides is 3. The third-order valence-corrected chi connectivity index (χ3v) is 8.91. The average molecular weight is 763 g/mol. The third-order valence-electron chi connectivity index (χ3n) is 8.29. The number of fused-ring (bicyclic) bond motifs is 1. The van der Waals surface area contributed by atoms with Gasteiger partial charge in [-0.25, -0.2) is 19.7 Å². The van der Waals surface area contributed by atoms with Gasteiger partial charge in [-0.15, -0.1) is 0 Å². The first-order valence-electron chi connectivity index (χ1n) is 17.3. The van der Waals surface area contributed by atoms with Gasteiger partial charge in [0.1, 0.15) is 42.0 Å². The highest BCUT2D eigenvalue weighted by molar-refractivity contribution is 7.51. The standard InChI is InChI=1S/C34H51N8O10P/c1-9-10-11-22(39-33(46)52-34(2,3)4)30(44)38-23(16-20-12-14-21(49-7)15-13-20)31(45)40-25-24(17-50-53(8,47)48)51-32(27(25)43)42-19-37-26-28(41(5)6)35-18-36-29(26)42/h12-15,18-19,22-25,27,32,43H,9-11,16-17H2,1-8H3,(H,38,44)(H,39,46)(H,40,45)(H,47,48)/t22-,23+,24-,25?,27+,32-/m1/s1. The molecule has 7 atom stereocenters. The lowest BCUT2D eigenvalue weighted by atomic mass is 10.0. The number of anilines is 1. The molecule has 2 unspecified atom stereocenters. The van der Waals surface area contributed by atoms with Gasteiger partial charge in [-0.1, -0.05) is 31.9 Å². The molecule has 0 saturated carbocycles. The first kappa shape index (κ1) is 41.4. The van der Waals surface area contributed by atoms with E-state index in [-0.39, 0.29) is 12.8 Å². The fourth-order valence-corrected chi connectivity index (χ4v) is 6.15. The minimum Gasteiger partial charge on any atom is -0.497 e. The highest BCUT2D eigenvalue weighted by Gasteiger charge is 2.47. The molecule has 0 aliphatic carbocycles. The number of carbonyl (C=O) groups excluding carboxylic acids is 3. The second-order valence-electron chi connectivity index (χ2n) is 14.1. The molecule has 53 heavy (non-hydrogen) atoms. The minimum absolute atomic E-state index is 0.0139. The zero-order valence-corrected chi connectivity index (χ0v) is 32.2. The van der Waals surface area contributed by atoms with E-state index in [1.807, 2.05) is 6.92 Å². The molecule has 3 amide bonds. The largest absolute Gasteiger partial charge is 0.497 e. The number of hydrogen-bond acceptors (Lipinski definition) is 13. The van der Waals surface area contributed by atoms with Crippen LogP contribution in [0.2, 0.25) is 0 Å². The molecule has 0 spiro atoms. The number of unbranched alkanes of at least 4 members (excludes halogenated alkanes) is 1. The topological polar surface area (TPSA) is 229 Å². The van der Waals surface area contributed by atoms with Crippen molar-refractivity contribution in [3.8, 4) is 5.75 Å². The van der Waals surface area contributed by atoms with Gasteiger partial charge in [-0.05, 0) is 44.9 Å². The molecule has 0 radical (unpaired) electrons. The quantitative estimate of drug-likeness (QED) is 0.132. The highest BCUT2D eigenvalue weighted by atomic mass is 31.2. The molecule has 3 aromatic rings. The van der Waals surface area contributed by atoms with Gasteiger partial charge in [0.25, 0.3) is 0 Å². The van der Waals surface area contributed by atoms with E-state index in [2.05, 4.69) is 30.9 Å². The summed E-state index contributed by atoms with van der Waals surface area (Å²) in [6.45, 7) is 7.60. The van der Waals surface area contributed by atoms with Gasteiger partial charge in [-0.2, -0.15) is 0 Å². The molecule has 292 valence electrons. The number of aliphatic hydroxyl groups excluding tert-OH is 1. The number of aliphatic hydroxyl groups is 1. The summed E-state index contributed by atoms with van der Waals surface area (Å²) in [7, 11) is 1.10. The SMILES string of the molecule is CCCC[C@@H](NC(=O)OC(C)(C)C)C(=O)N[C@@H](Cc1ccc(OC)cc1)C(=O)NC1[C@@H](COP(C)(=O)O)O[C@@H](n2cnc3c(N(C)C)ncnc32)[C@H]1O. The van der Waals surface area contributed by atoms with Gasteiger partial charge < -0.3 is 49.6 Å². The molecule has 5 N–H and O–H groups in total. The number of alkyl carbamates (subject to hydrolysis) is 1. The van der Waals surface area contributed by atoms with Crippen molar-refractivity contribution in [2.24, 2.45) is 0 Å². The number of ether oxygens (including phenoxy) is 3. The molecule has 4 rings (SSSR count). The molecule has 3 heterocycles. The Balaban J connectivity index is 1.64.